The summed E-state index contributed by atoms with van der Waals surface area (Å²) in [5, 5.41) is 0. The van der Waals surface area contributed by atoms with Crippen LogP contribution in [0.2, 0.25) is 0 Å². The summed E-state index contributed by atoms with van der Waals surface area (Å²) in [5.41, 5.74) is 1.03. The molecule has 0 aromatic rings. The van der Waals surface area contributed by atoms with Crippen molar-refractivity contribution in [2.24, 2.45) is 59.6 Å². The first kappa shape index (κ1) is 99.6. The summed E-state index contributed by atoms with van der Waals surface area (Å²) in [7, 11) is 5.60. The molecular formula is C79H161N3O7. The van der Waals surface area contributed by atoms with E-state index in [0.29, 0.717) is 67.1 Å². The van der Waals surface area contributed by atoms with Gasteiger partial charge in [-0.1, -0.05) is 228 Å². The summed E-state index contributed by atoms with van der Waals surface area (Å²) < 4.78 is 0. The fourth-order valence-corrected chi connectivity index (χ4v) is 7.46. The third-order valence-electron chi connectivity index (χ3n) is 13.5. The molecule has 0 saturated heterocycles. The molecule has 0 heterocycles. The third-order valence-corrected chi connectivity index (χ3v) is 13.5. The number of ketones is 4. The summed E-state index contributed by atoms with van der Waals surface area (Å²) in [5.74, 6) is 2.21. The van der Waals surface area contributed by atoms with Crippen LogP contribution in [0.4, 0.5) is 0 Å². The molecule has 10 heteroatoms. The van der Waals surface area contributed by atoms with Crippen LogP contribution in [0.1, 0.15) is 374 Å². The van der Waals surface area contributed by atoms with Crippen LogP contribution in [-0.4, -0.2) is 93.3 Å². The average molecular weight is 1270 g/mol. The van der Waals surface area contributed by atoms with Gasteiger partial charge in [0.25, 0.3) is 0 Å². The first-order valence-corrected chi connectivity index (χ1v) is 34.0. The Kier molecular flexibility index (Phi) is 43.7. The number of carbonyl (C=O) groups is 7. The molecule has 0 unspecified atom stereocenters. The standard InChI is InChI=1S/C13H26O.C12H25NO.C12H24O.C11H23NO.C11H22O.C10H21NO.C10H20O/c1-12(2,3)9-7-8-11(14)10-13(4,5)6;1-11(2,3)9-8-10(14)13(7)12(4,5)6;1-11(2,3)8-7-10(13)9-12(4,5)6;1-10(2,3)8-9(13)12(7)11(4,5)6;1-10(2,3)7-9(12)8-11(4,5)6;1-9(2,3)8(12)11(7)10(4,5)6;1-9(2,3)7-8(11)10(4,5)6/h7-10H2,1-6H3;8-9H2,1-7H3;7-9H2,1-6H3;8H2,1-7H3;7-8H2,1-6H3;1-7H3;7H2,1-6H3. The van der Waals surface area contributed by atoms with E-state index in [1.165, 1.54) is 0 Å². The Morgan fingerprint density at radius 3 is 0.697 bits per heavy atom. The topological polar surface area (TPSA) is 129 Å². The molecule has 3 amide bonds. The molecule has 0 aromatic carbocycles. The molecule has 0 spiro atoms. The minimum absolute atomic E-state index is 0.0605. The maximum Gasteiger partial charge on any atom is 0.228 e. The normalized spacial score (nSPS) is 13.0. The molecule has 0 fully saturated rings. The number of rotatable bonds is 13. The highest BCUT2D eigenvalue weighted by atomic mass is 16.2. The van der Waals surface area contributed by atoms with Crippen LogP contribution in [0.5, 0.6) is 0 Å². The first-order chi connectivity index (χ1) is 38.1. The lowest BCUT2D eigenvalue weighted by Crippen LogP contribution is -2.47. The fourth-order valence-electron chi connectivity index (χ4n) is 7.46. The van der Waals surface area contributed by atoms with Gasteiger partial charge in [0.15, 0.2) is 0 Å². The highest BCUT2D eigenvalue weighted by Crippen LogP contribution is 2.30. The van der Waals surface area contributed by atoms with Crippen molar-refractivity contribution in [2.45, 2.75) is 391 Å². The van der Waals surface area contributed by atoms with E-state index in [-0.39, 0.29) is 88.5 Å². The molecule has 0 aromatic heterocycles. The van der Waals surface area contributed by atoms with Crippen molar-refractivity contribution >= 4 is 40.9 Å². The van der Waals surface area contributed by atoms with Gasteiger partial charge in [0, 0.05) is 106 Å². The zero-order valence-corrected chi connectivity index (χ0v) is 68.9. The Morgan fingerprint density at radius 1 is 0.236 bits per heavy atom. The molecule has 0 aliphatic rings. The lowest BCUT2D eigenvalue weighted by molar-refractivity contribution is -0.142. The minimum atomic E-state index is -0.276. The van der Waals surface area contributed by atoms with E-state index >= 15 is 0 Å². The number of nitrogens with zero attached hydrogens (tertiary/aromatic N) is 3. The molecular weight excluding hydrogens is 1100 g/mol. The van der Waals surface area contributed by atoms with Gasteiger partial charge in [0.05, 0.1) is 0 Å². The second-order valence-electron chi connectivity index (χ2n) is 41.8. The molecule has 0 aliphatic heterocycles. The monoisotopic (exact) mass is 1260 g/mol. The Balaban J connectivity index is -0.000000177. The molecule has 0 bridgehead atoms. The molecule has 534 valence electrons. The minimum Gasteiger partial charge on any atom is -0.341 e. The average Bonchev–Trinajstić information content (AvgIpc) is 3.18. The van der Waals surface area contributed by atoms with Gasteiger partial charge in [-0.3, -0.25) is 33.6 Å². The number of hydrogen-bond donors (Lipinski definition) is 0. The van der Waals surface area contributed by atoms with Crippen molar-refractivity contribution in [3.63, 3.8) is 0 Å². The molecule has 0 rings (SSSR count). The van der Waals surface area contributed by atoms with E-state index in [1.807, 2.05) is 114 Å². The van der Waals surface area contributed by atoms with E-state index in [1.54, 1.807) is 4.90 Å². The summed E-state index contributed by atoms with van der Waals surface area (Å²) in [4.78, 5) is 86.7. The van der Waals surface area contributed by atoms with Crippen LogP contribution >= 0.6 is 0 Å². The van der Waals surface area contributed by atoms with E-state index in [0.717, 1.165) is 44.9 Å². The fraction of sp³-hybridized carbons (Fsp3) is 0.911. The van der Waals surface area contributed by atoms with Gasteiger partial charge < -0.3 is 14.7 Å². The van der Waals surface area contributed by atoms with Gasteiger partial charge in [-0.05, 0) is 137 Å². The Hall–Kier alpha value is -2.91. The zero-order valence-electron chi connectivity index (χ0n) is 68.9. The first-order valence-electron chi connectivity index (χ1n) is 34.0. The highest BCUT2D eigenvalue weighted by molar-refractivity contribution is 5.84. The smallest absolute Gasteiger partial charge is 0.228 e. The lowest BCUT2D eigenvalue weighted by atomic mass is 9.80. The van der Waals surface area contributed by atoms with E-state index < -0.39 is 0 Å². The number of Topliss-reactive ketones (excluding diaryl/α,β-unsaturated/α-hetero) is 4. The van der Waals surface area contributed by atoms with Gasteiger partial charge in [0.2, 0.25) is 17.7 Å². The Labute approximate surface area is 558 Å². The number of carbonyl (C=O) groups excluding carboxylic acids is 7. The van der Waals surface area contributed by atoms with Crippen molar-refractivity contribution in [1.29, 1.82) is 0 Å². The Bertz CT molecular complexity index is 2010. The van der Waals surface area contributed by atoms with Crippen molar-refractivity contribution < 1.29 is 33.6 Å². The van der Waals surface area contributed by atoms with Crippen molar-refractivity contribution in [1.82, 2.24) is 14.7 Å². The van der Waals surface area contributed by atoms with Gasteiger partial charge in [-0.2, -0.15) is 0 Å². The maximum atomic E-state index is 11.8. The third kappa shape index (κ3) is 75.7. The van der Waals surface area contributed by atoms with Crippen LogP contribution in [0.15, 0.2) is 0 Å². The van der Waals surface area contributed by atoms with Crippen LogP contribution in [0, 0.1) is 59.6 Å². The molecule has 0 saturated carbocycles. The predicted molar refractivity (Wildman–Crippen MR) is 392 cm³/mol. The van der Waals surface area contributed by atoms with E-state index in [4.69, 9.17) is 0 Å². The van der Waals surface area contributed by atoms with E-state index in [9.17, 15) is 33.6 Å². The number of hydrogen-bond acceptors (Lipinski definition) is 7. The van der Waals surface area contributed by atoms with Crippen LogP contribution in [0.3, 0.4) is 0 Å². The van der Waals surface area contributed by atoms with E-state index in [2.05, 4.69) is 208 Å². The predicted octanol–water partition coefficient (Wildman–Crippen LogP) is 22.5. The molecule has 0 atom stereocenters. The summed E-state index contributed by atoms with van der Waals surface area (Å²) >= 11 is 0. The molecule has 0 radical (unpaired) electrons. The summed E-state index contributed by atoms with van der Waals surface area (Å²) in [6.07, 6.45) is 10.4. The Morgan fingerprint density at radius 2 is 0.483 bits per heavy atom. The van der Waals surface area contributed by atoms with Gasteiger partial charge in [-0.25, -0.2) is 0 Å². The molecule has 89 heavy (non-hydrogen) atoms. The molecule has 0 aliphatic carbocycles. The lowest BCUT2D eigenvalue weighted by Gasteiger charge is -2.36. The molecule has 0 N–H and O–H groups in total. The zero-order chi connectivity index (χ0) is 74.0. The SMILES string of the molecule is CC(C)(C)CC(=O)C(C)(C)C.CC(C)(C)CC(=O)CC(C)(C)C.CC(C)(C)CCC(=O)CC(C)(C)C.CC(C)(C)CCCC(=O)CC(C)(C)C.CN(C(=O)C(C)(C)C)C(C)(C)C.CN(C(=O)CC(C)(C)C)C(C)(C)C.CN(C(=O)CCC(C)(C)C)C(C)(C)C. The second-order valence-corrected chi connectivity index (χ2v) is 41.8. The summed E-state index contributed by atoms with van der Waals surface area (Å²) in [6, 6.07) is 0. The largest absolute Gasteiger partial charge is 0.341 e. The van der Waals surface area contributed by atoms with Gasteiger partial charge in [-0.15, -0.1) is 0 Å². The van der Waals surface area contributed by atoms with Gasteiger partial charge in [0.1, 0.15) is 23.1 Å². The van der Waals surface area contributed by atoms with Crippen molar-refractivity contribution in [3.05, 3.63) is 0 Å². The quantitative estimate of drug-likeness (QED) is 0.180. The summed E-state index contributed by atoms with van der Waals surface area (Å²) in [6.45, 7) is 87.7. The second kappa shape index (κ2) is 39.1. The van der Waals surface area contributed by atoms with Crippen LogP contribution < -0.4 is 0 Å². The highest BCUT2D eigenvalue weighted by Gasteiger charge is 2.32. The van der Waals surface area contributed by atoms with Crippen molar-refractivity contribution in [3.8, 4) is 0 Å². The molecule has 10 nitrogen and oxygen atoms in total. The van der Waals surface area contributed by atoms with Crippen LogP contribution in [-0.2, 0) is 33.6 Å². The van der Waals surface area contributed by atoms with Gasteiger partial charge >= 0.3 is 0 Å². The maximum absolute atomic E-state index is 11.8. The van der Waals surface area contributed by atoms with Crippen molar-refractivity contribution in [2.75, 3.05) is 21.1 Å². The van der Waals surface area contributed by atoms with Crippen LogP contribution in [0.25, 0.3) is 0 Å². The number of amides is 3.